The Hall–Kier alpha value is -1.52. The molecule has 0 aliphatic rings. The van der Waals surface area contributed by atoms with Crippen LogP contribution in [0.1, 0.15) is 10.5 Å². The Bertz CT molecular complexity index is 542. The molecule has 1 aromatic heterocycles. The van der Waals surface area contributed by atoms with Gasteiger partial charge in [-0.2, -0.15) is 0 Å². The molecule has 0 bridgehead atoms. The van der Waals surface area contributed by atoms with Gasteiger partial charge in [-0.05, 0) is 36.4 Å². The molecular weight excluding hydrogens is 258 g/mol. The largest absolute Gasteiger partial charge is 0.477 e. The van der Waals surface area contributed by atoms with Crippen LogP contribution in [0, 0.1) is 0 Å². The summed E-state index contributed by atoms with van der Waals surface area (Å²) in [4.78, 5) is 15.7. The molecule has 2 rings (SSSR count). The normalized spacial score (nSPS) is 10.2. The topological polar surface area (TPSA) is 50.2 Å². The average molecular weight is 266 g/mol. The summed E-state index contributed by atoms with van der Waals surface area (Å²) in [6.45, 7) is 0. The van der Waals surface area contributed by atoms with Crippen molar-refractivity contribution in [3.63, 3.8) is 0 Å². The van der Waals surface area contributed by atoms with E-state index in [-0.39, 0.29) is 5.69 Å². The Morgan fingerprint density at radius 3 is 2.53 bits per heavy atom. The minimum absolute atomic E-state index is 0.0453. The third-order valence-electron chi connectivity index (χ3n) is 1.98. The quantitative estimate of drug-likeness (QED) is 0.921. The maximum atomic E-state index is 10.8. The van der Waals surface area contributed by atoms with Crippen LogP contribution in [0.25, 0.3) is 0 Å². The SMILES string of the molecule is O=C(O)c1cccc(Sc2ccc(Cl)cc2)n1. The number of halogens is 1. The van der Waals surface area contributed by atoms with Gasteiger partial charge in [0.2, 0.25) is 0 Å². The zero-order valence-electron chi connectivity index (χ0n) is 8.63. The molecule has 1 heterocycles. The molecule has 0 amide bonds. The molecular formula is C12H8ClNO2S. The van der Waals surface area contributed by atoms with E-state index < -0.39 is 5.97 Å². The summed E-state index contributed by atoms with van der Waals surface area (Å²) >= 11 is 7.17. The average Bonchev–Trinajstić information content (AvgIpc) is 2.32. The summed E-state index contributed by atoms with van der Waals surface area (Å²) in [7, 11) is 0. The number of pyridine rings is 1. The highest BCUT2D eigenvalue weighted by molar-refractivity contribution is 7.99. The lowest BCUT2D eigenvalue weighted by Crippen LogP contribution is -1.99. The van der Waals surface area contributed by atoms with Gasteiger partial charge in [0.25, 0.3) is 0 Å². The lowest BCUT2D eigenvalue weighted by Gasteiger charge is -2.01. The first-order chi connectivity index (χ1) is 8.15. The first-order valence-electron chi connectivity index (χ1n) is 4.79. The monoisotopic (exact) mass is 265 g/mol. The fraction of sp³-hybridized carbons (Fsp3) is 0. The predicted octanol–water partition coefficient (Wildman–Crippen LogP) is 3.58. The van der Waals surface area contributed by atoms with Crippen LogP contribution < -0.4 is 0 Å². The van der Waals surface area contributed by atoms with E-state index in [1.165, 1.54) is 17.8 Å². The minimum atomic E-state index is -1.02. The van der Waals surface area contributed by atoms with Crippen LogP contribution in [0.3, 0.4) is 0 Å². The van der Waals surface area contributed by atoms with Crippen molar-refractivity contribution in [1.29, 1.82) is 0 Å². The van der Waals surface area contributed by atoms with Crippen LogP contribution in [-0.4, -0.2) is 16.1 Å². The van der Waals surface area contributed by atoms with Gasteiger partial charge in [-0.25, -0.2) is 9.78 Å². The van der Waals surface area contributed by atoms with Crippen molar-refractivity contribution < 1.29 is 9.90 Å². The van der Waals surface area contributed by atoms with Crippen molar-refractivity contribution >= 4 is 29.3 Å². The number of carboxylic acids is 1. The molecule has 5 heteroatoms. The number of aromatic carboxylic acids is 1. The van der Waals surface area contributed by atoms with Crippen molar-refractivity contribution in [2.24, 2.45) is 0 Å². The lowest BCUT2D eigenvalue weighted by molar-refractivity contribution is 0.0689. The van der Waals surface area contributed by atoms with Crippen molar-refractivity contribution in [2.75, 3.05) is 0 Å². The van der Waals surface area contributed by atoms with E-state index in [0.29, 0.717) is 10.0 Å². The third-order valence-corrected chi connectivity index (χ3v) is 3.18. The molecule has 1 aromatic carbocycles. The maximum Gasteiger partial charge on any atom is 0.354 e. The molecule has 0 saturated carbocycles. The number of hydrogen-bond acceptors (Lipinski definition) is 3. The Morgan fingerprint density at radius 1 is 1.18 bits per heavy atom. The van der Waals surface area contributed by atoms with E-state index in [9.17, 15) is 4.79 Å². The van der Waals surface area contributed by atoms with Crippen LogP contribution in [0.2, 0.25) is 5.02 Å². The zero-order valence-corrected chi connectivity index (χ0v) is 10.2. The zero-order chi connectivity index (χ0) is 12.3. The summed E-state index contributed by atoms with van der Waals surface area (Å²) in [5.74, 6) is -1.02. The van der Waals surface area contributed by atoms with Gasteiger partial charge in [0, 0.05) is 9.92 Å². The lowest BCUT2D eigenvalue weighted by atomic mass is 10.4. The Labute approximate surface area is 107 Å². The van der Waals surface area contributed by atoms with E-state index in [1.54, 1.807) is 24.3 Å². The van der Waals surface area contributed by atoms with E-state index in [4.69, 9.17) is 16.7 Å². The summed E-state index contributed by atoms with van der Waals surface area (Å²) < 4.78 is 0. The fourth-order valence-corrected chi connectivity index (χ4v) is 2.14. The molecule has 0 aliphatic heterocycles. The molecule has 0 fully saturated rings. The molecule has 86 valence electrons. The molecule has 0 saturated heterocycles. The standard InChI is InChI=1S/C12H8ClNO2S/c13-8-4-6-9(7-5-8)17-11-3-1-2-10(14-11)12(15)16/h1-7H,(H,15,16). The molecule has 0 aliphatic carbocycles. The van der Waals surface area contributed by atoms with E-state index in [0.717, 1.165) is 4.90 Å². The number of aromatic nitrogens is 1. The van der Waals surface area contributed by atoms with Crippen LogP contribution >= 0.6 is 23.4 Å². The molecule has 3 nitrogen and oxygen atoms in total. The Morgan fingerprint density at radius 2 is 1.88 bits per heavy atom. The predicted molar refractivity (Wildman–Crippen MR) is 66.8 cm³/mol. The van der Waals surface area contributed by atoms with Gasteiger partial charge in [-0.1, -0.05) is 29.4 Å². The highest BCUT2D eigenvalue weighted by Crippen LogP contribution is 2.27. The Kier molecular flexibility index (Phi) is 3.66. The van der Waals surface area contributed by atoms with Gasteiger partial charge in [0.15, 0.2) is 0 Å². The number of carbonyl (C=O) groups is 1. The number of carboxylic acid groups (broad SMARTS) is 1. The number of benzene rings is 1. The second-order valence-electron chi connectivity index (χ2n) is 3.22. The van der Waals surface area contributed by atoms with Crippen molar-refractivity contribution in [2.45, 2.75) is 9.92 Å². The van der Waals surface area contributed by atoms with E-state index >= 15 is 0 Å². The molecule has 0 radical (unpaired) electrons. The van der Waals surface area contributed by atoms with Crippen LogP contribution in [-0.2, 0) is 0 Å². The number of hydrogen-bond donors (Lipinski definition) is 1. The molecule has 0 spiro atoms. The first-order valence-corrected chi connectivity index (χ1v) is 5.98. The van der Waals surface area contributed by atoms with E-state index in [2.05, 4.69) is 4.98 Å². The van der Waals surface area contributed by atoms with Crippen molar-refractivity contribution in [1.82, 2.24) is 4.98 Å². The molecule has 0 atom stereocenters. The summed E-state index contributed by atoms with van der Waals surface area (Å²) in [5.41, 5.74) is 0.0453. The van der Waals surface area contributed by atoms with Gasteiger partial charge in [-0.15, -0.1) is 0 Å². The smallest absolute Gasteiger partial charge is 0.354 e. The second-order valence-corrected chi connectivity index (χ2v) is 4.75. The highest BCUT2D eigenvalue weighted by Gasteiger charge is 2.06. The van der Waals surface area contributed by atoms with Crippen molar-refractivity contribution in [3.8, 4) is 0 Å². The van der Waals surface area contributed by atoms with Crippen LogP contribution in [0.4, 0.5) is 0 Å². The minimum Gasteiger partial charge on any atom is -0.477 e. The first kappa shape index (κ1) is 12.0. The molecule has 17 heavy (non-hydrogen) atoms. The fourth-order valence-electron chi connectivity index (χ4n) is 1.21. The third kappa shape index (κ3) is 3.22. The number of rotatable bonds is 3. The van der Waals surface area contributed by atoms with E-state index in [1.807, 2.05) is 12.1 Å². The summed E-state index contributed by atoms with van der Waals surface area (Å²) in [6, 6.07) is 12.2. The van der Waals surface area contributed by atoms with Crippen LogP contribution in [0.5, 0.6) is 0 Å². The Balaban J connectivity index is 2.21. The second kappa shape index (κ2) is 5.21. The number of nitrogens with zero attached hydrogens (tertiary/aromatic N) is 1. The van der Waals surface area contributed by atoms with Crippen LogP contribution in [0.15, 0.2) is 52.4 Å². The maximum absolute atomic E-state index is 10.8. The molecule has 1 N–H and O–H groups in total. The van der Waals surface area contributed by atoms with Crippen molar-refractivity contribution in [3.05, 3.63) is 53.2 Å². The van der Waals surface area contributed by atoms with Gasteiger partial charge in [0.05, 0.1) is 0 Å². The summed E-state index contributed by atoms with van der Waals surface area (Å²) in [5, 5.41) is 10.1. The van der Waals surface area contributed by atoms with Gasteiger partial charge < -0.3 is 5.11 Å². The molecule has 0 unspecified atom stereocenters. The molecule has 2 aromatic rings. The van der Waals surface area contributed by atoms with Gasteiger partial charge in [0.1, 0.15) is 10.7 Å². The summed E-state index contributed by atoms with van der Waals surface area (Å²) in [6.07, 6.45) is 0. The van der Waals surface area contributed by atoms with Gasteiger partial charge in [-0.3, -0.25) is 0 Å². The highest BCUT2D eigenvalue weighted by atomic mass is 35.5. The van der Waals surface area contributed by atoms with Gasteiger partial charge >= 0.3 is 5.97 Å².